The summed E-state index contributed by atoms with van der Waals surface area (Å²) in [7, 11) is 1.77. The predicted molar refractivity (Wildman–Crippen MR) is 67.8 cm³/mol. The van der Waals surface area contributed by atoms with Gasteiger partial charge in [-0.2, -0.15) is 5.10 Å². The third kappa shape index (κ3) is 2.31. The maximum Gasteiger partial charge on any atom is 0.272 e. The Morgan fingerprint density at radius 3 is 2.94 bits per heavy atom. The maximum absolute atomic E-state index is 12.1. The monoisotopic (exact) mass is 250 g/mol. The number of hydrogen-bond acceptors (Lipinski definition) is 4. The molecule has 0 saturated heterocycles. The number of aromatic amines is 1. The molecule has 6 heteroatoms. The molecule has 2 aromatic rings. The zero-order valence-corrected chi connectivity index (χ0v) is 10.5. The Bertz CT molecular complexity index is 505. The molecule has 0 saturated carbocycles. The fourth-order valence-electron chi connectivity index (χ4n) is 1.53. The lowest BCUT2D eigenvalue weighted by Crippen LogP contribution is -2.29. The molecule has 2 rings (SSSR count). The molecule has 3 N–H and O–H groups in total. The fraction of sp³-hybridized carbons (Fsp3) is 0.273. The van der Waals surface area contributed by atoms with E-state index in [1.54, 1.807) is 29.4 Å². The molecular weight excluding hydrogens is 236 g/mol. The van der Waals surface area contributed by atoms with Gasteiger partial charge in [-0.05, 0) is 18.4 Å². The van der Waals surface area contributed by atoms with E-state index in [0.717, 1.165) is 4.88 Å². The van der Waals surface area contributed by atoms with Crippen molar-refractivity contribution in [3.05, 3.63) is 34.2 Å². The fourth-order valence-corrected chi connectivity index (χ4v) is 2.36. The average Bonchev–Trinajstić information content (AvgIpc) is 2.96. The minimum atomic E-state index is -0.116. The molecule has 0 aliphatic rings. The topological polar surface area (TPSA) is 75.0 Å². The lowest BCUT2D eigenvalue weighted by Gasteiger charge is -2.23. The lowest BCUT2D eigenvalue weighted by atomic mass is 10.2. The Kier molecular flexibility index (Phi) is 3.14. The summed E-state index contributed by atoms with van der Waals surface area (Å²) in [4.78, 5) is 14.9. The summed E-state index contributed by atoms with van der Waals surface area (Å²) in [6.45, 7) is 1.99. The van der Waals surface area contributed by atoms with E-state index in [1.165, 1.54) is 0 Å². The molecule has 2 aromatic heterocycles. The molecule has 0 radical (unpaired) electrons. The van der Waals surface area contributed by atoms with Crippen LogP contribution in [0.2, 0.25) is 0 Å². The van der Waals surface area contributed by atoms with Crippen molar-refractivity contribution in [3.63, 3.8) is 0 Å². The number of carbonyl (C=O) groups is 1. The van der Waals surface area contributed by atoms with Gasteiger partial charge in [0.25, 0.3) is 5.91 Å². The minimum absolute atomic E-state index is 0.0343. The number of carbonyl (C=O) groups excluding carboxylic acids is 1. The summed E-state index contributed by atoms with van der Waals surface area (Å²) in [6.07, 6.45) is 0. The van der Waals surface area contributed by atoms with E-state index in [-0.39, 0.29) is 11.9 Å². The van der Waals surface area contributed by atoms with E-state index < -0.39 is 0 Å². The summed E-state index contributed by atoms with van der Waals surface area (Å²) in [5.74, 6) is 0.209. The quantitative estimate of drug-likeness (QED) is 0.873. The number of hydrogen-bond donors (Lipinski definition) is 2. The molecule has 5 nitrogen and oxygen atoms in total. The molecule has 1 atom stereocenters. The summed E-state index contributed by atoms with van der Waals surface area (Å²) < 4.78 is 0. The Morgan fingerprint density at radius 2 is 2.41 bits per heavy atom. The molecule has 0 aromatic carbocycles. The van der Waals surface area contributed by atoms with Gasteiger partial charge in [0.15, 0.2) is 0 Å². The first-order chi connectivity index (χ1) is 8.09. The van der Waals surface area contributed by atoms with Gasteiger partial charge >= 0.3 is 0 Å². The number of thiophene rings is 1. The van der Waals surface area contributed by atoms with Crippen molar-refractivity contribution in [1.29, 1.82) is 0 Å². The highest BCUT2D eigenvalue weighted by Gasteiger charge is 2.20. The Morgan fingerprint density at radius 1 is 1.65 bits per heavy atom. The van der Waals surface area contributed by atoms with Crippen LogP contribution in [0.25, 0.3) is 0 Å². The predicted octanol–water partition coefficient (Wildman–Crippen LogP) is 1.89. The van der Waals surface area contributed by atoms with E-state index in [9.17, 15) is 4.79 Å². The molecule has 17 heavy (non-hydrogen) atoms. The molecule has 2 heterocycles. The van der Waals surface area contributed by atoms with Gasteiger partial charge < -0.3 is 10.6 Å². The van der Waals surface area contributed by atoms with Crippen molar-refractivity contribution >= 4 is 23.1 Å². The van der Waals surface area contributed by atoms with Crippen LogP contribution in [0.1, 0.15) is 28.3 Å². The summed E-state index contributed by atoms with van der Waals surface area (Å²) in [5, 5.41) is 8.37. The van der Waals surface area contributed by atoms with E-state index in [4.69, 9.17) is 5.73 Å². The molecule has 1 amide bonds. The second kappa shape index (κ2) is 4.58. The molecule has 0 aliphatic heterocycles. The highest BCUT2D eigenvalue weighted by atomic mass is 32.1. The van der Waals surface area contributed by atoms with E-state index in [0.29, 0.717) is 11.5 Å². The third-order valence-corrected chi connectivity index (χ3v) is 3.73. The number of amides is 1. The van der Waals surface area contributed by atoms with Crippen molar-refractivity contribution in [1.82, 2.24) is 15.1 Å². The molecule has 90 valence electrons. The van der Waals surface area contributed by atoms with Gasteiger partial charge in [0.1, 0.15) is 11.5 Å². The van der Waals surface area contributed by atoms with Crippen LogP contribution < -0.4 is 5.73 Å². The first-order valence-corrected chi connectivity index (χ1v) is 6.09. The molecule has 0 spiro atoms. The number of nitrogens with zero attached hydrogens (tertiary/aromatic N) is 2. The van der Waals surface area contributed by atoms with Gasteiger partial charge in [-0.15, -0.1) is 11.3 Å². The summed E-state index contributed by atoms with van der Waals surface area (Å²) in [6, 6.07) is 5.57. The van der Waals surface area contributed by atoms with Crippen LogP contribution in [0.15, 0.2) is 23.6 Å². The van der Waals surface area contributed by atoms with Crippen molar-refractivity contribution in [2.45, 2.75) is 13.0 Å². The Balaban J connectivity index is 2.15. The van der Waals surface area contributed by atoms with E-state index >= 15 is 0 Å². The highest BCUT2D eigenvalue weighted by molar-refractivity contribution is 7.10. The normalized spacial score (nSPS) is 12.4. The van der Waals surface area contributed by atoms with Crippen LogP contribution in [-0.2, 0) is 0 Å². The number of aromatic nitrogens is 2. The Labute approximate surface area is 103 Å². The number of nitrogens with two attached hydrogens (primary N) is 1. The molecule has 0 bridgehead atoms. The maximum atomic E-state index is 12.1. The standard InChI is InChI=1S/C11H14N4OS/c1-7(9-4-3-5-17-9)15(2)11(16)8-6-10(12)14-13-8/h3-7H,1-2H3,(H3,12,13,14). The van der Waals surface area contributed by atoms with Gasteiger partial charge in [0.2, 0.25) is 0 Å². The van der Waals surface area contributed by atoms with Gasteiger partial charge in [-0.25, -0.2) is 0 Å². The van der Waals surface area contributed by atoms with Crippen LogP contribution in [0.5, 0.6) is 0 Å². The van der Waals surface area contributed by atoms with Crippen molar-refractivity contribution in [2.75, 3.05) is 12.8 Å². The van der Waals surface area contributed by atoms with Gasteiger partial charge in [0.05, 0.1) is 6.04 Å². The first kappa shape index (κ1) is 11.7. The van der Waals surface area contributed by atoms with Gasteiger partial charge in [-0.3, -0.25) is 9.89 Å². The van der Waals surface area contributed by atoms with Crippen LogP contribution >= 0.6 is 11.3 Å². The van der Waals surface area contributed by atoms with Gasteiger partial charge in [0, 0.05) is 18.0 Å². The van der Waals surface area contributed by atoms with E-state index in [1.807, 2.05) is 24.4 Å². The number of nitrogens with one attached hydrogen (secondary N) is 1. The van der Waals surface area contributed by atoms with Crippen molar-refractivity contribution in [2.24, 2.45) is 0 Å². The molecule has 0 fully saturated rings. The highest BCUT2D eigenvalue weighted by Crippen LogP contribution is 2.24. The minimum Gasteiger partial charge on any atom is -0.382 e. The first-order valence-electron chi connectivity index (χ1n) is 5.21. The SMILES string of the molecule is CC(c1cccs1)N(C)C(=O)c1cc(N)n[nH]1. The zero-order chi connectivity index (χ0) is 12.4. The third-order valence-electron chi connectivity index (χ3n) is 2.68. The number of rotatable bonds is 3. The van der Waals surface area contributed by atoms with Gasteiger partial charge in [-0.1, -0.05) is 6.07 Å². The lowest BCUT2D eigenvalue weighted by molar-refractivity contribution is 0.0739. The van der Waals surface area contributed by atoms with Crippen LogP contribution in [-0.4, -0.2) is 28.1 Å². The Hall–Kier alpha value is -1.82. The zero-order valence-electron chi connectivity index (χ0n) is 9.68. The molecule has 0 aliphatic carbocycles. The molecular formula is C11H14N4OS. The van der Waals surface area contributed by atoms with Crippen molar-refractivity contribution < 1.29 is 4.79 Å². The summed E-state index contributed by atoms with van der Waals surface area (Å²) in [5.41, 5.74) is 5.89. The van der Waals surface area contributed by atoms with Crippen LogP contribution in [0.3, 0.4) is 0 Å². The van der Waals surface area contributed by atoms with Crippen LogP contribution in [0, 0.1) is 0 Å². The second-order valence-corrected chi connectivity index (χ2v) is 4.79. The average molecular weight is 250 g/mol. The summed E-state index contributed by atoms with van der Waals surface area (Å²) >= 11 is 1.63. The smallest absolute Gasteiger partial charge is 0.272 e. The second-order valence-electron chi connectivity index (χ2n) is 3.81. The number of H-pyrrole nitrogens is 1. The van der Waals surface area contributed by atoms with Crippen LogP contribution in [0.4, 0.5) is 5.82 Å². The largest absolute Gasteiger partial charge is 0.382 e. The van der Waals surface area contributed by atoms with E-state index in [2.05, 4.69) is 10.2 Å². The molecule has 1 unspecified atom stereocenters. The number of nitrogen functional groups attached to an aromatic ring is 1. The number of anilines is 1. The van der Waals surface area contributed by atoms with Crippen molar-refractivity contribution in [3.8, 4) is 0 Å².